The number of rotatable bonds is 5. The van der Waals surface area contributed by atoms with Gasteiger partial charge in [-0.25, -0.2) is 0 Å². The van der Waals surface area contributed by atoms with E-state index in [1.54, 1.807) is 17.0 Å². The lowest BCUT2D eigenvalue weighted by Gasteiger charge is -2.27. The van der Waals surface area contributed by atoms with Gasteiger partial charge in [0.25, 0.3) is 5.91 Å². The molecule has 0 bridgehead atoms. The Bertz CT molecular complexity index is 544. The second-order valence-electron chi connectivity index (χ2n) is 5.21. The van der Waals surface area contributed by atoms with E-state index in [4.69, 9.17) is 9.47 Å². The second-order valence-corrected chi connectivity index (χ2v) is 5.21. The summed E-state index contributed by atoms with van der Waals surface area (Å²) < 4.78 is 10.6. The van der Waals surface area contributed by atoms with E-state index >= 15 is 0 Å². The molecule has 1 aliphatic heterocycles. The van der Waals surface area contributed by atoms with E-state index in [1.807, 2.05) is 13.8 Å². The largest absolute Gasteiger partial charge is 0.486 e. The van der Waals surface area contributed by atoms with Gasteiger partial charge in [-0.05, 0) is 12.0 Å². The average molecular weight is 294 g/mol. The van der Waals surface area contributed by atoms with Crippen LogP contribution in [-0.4, -0.2) is 37.2 Å². The van der Waals surface area contributed by atoms with Gasteiger partial charge in [-0.2, -0.15) is 0 Å². The lowest BCUT2D eigenvalue weighted by molar-refractivity contribution is -0.385. The molecule has 0 saturated carbocycles. The number of nitrogens with zero attached hydrogens (tertiary/aromatic N) is 2. The van der Waals surface area contributed by atoms with E-state index in [0.717, 1.165) is 0 Å². The van der Waals surface area contributed by atoms with Crippen LogP contribution in [0.3, 0.4) is 0 Å². The second kappa shape index (κ2) is 6.53. The monoisotopic (exact) mass is 294 g/mol. The van der Waals surface area contributed by atoms with Crippen molar-refractivity contribution >= 4 is 17.3 Å². The molecule has 0 aromatic heterocycles. The van der Waals surface area contributed by atoms with Crippen LogP contribution in [0.1, 0.15) is 13.8 Å². The van der Waals surface area contributed by atoms with Crippen LogP contribution < -0.4 is 9.64 Å². The molecule has 1 aromatic carbocycles. The smallest absolute Gasteiger partial charge is 0.311 e. The summed E-state index contributed by atoms with van der Waals surface area (Å²) >= 11 is 0. The normalized spacial score (nSPS) is 15.4. The number of carbonyl (C=O) groups is 1. The van der Waals surface area contributed by atoms with E-state index in [-0.39, 0.29) is 29.9 Å². The number of carbonyl (C=O) groups excluding carboxylic acids is 1. The fourth-order valence-electron chi connectivity index (χ4n) is 1.98. The Kier molecular flexibility index (Phi) is 4.74. The third kappa shape index (κ3) is 3.69. The van der Waals surface area contributed by atoms with Crippen molar-refractivity contribution in [1.82, 2.24) is 0 Å². The van der Waals surface area contributed by atoms with E-state index in [0.29, 0.717) is 25.4 Å². The van der Waals surface area contributed by atoms with Crippen molar-refractivity contribution in [3.63, 3.8) is 0 Å². The van der Waals surface area contributed by atoms with Gasteiger partial charge >= 0.3 is 5.69 Å². The van der Waals surface area contributed by atoms with Gasteiger partial charge in [0.15, 0.2) is 5.75 Å². The number of ether oxygens (including phenoxy) is 2. The number of benzene rings is 1. The Morgan fingerprint density at radius 2 is 2.24 bits per heavy atom. The molecule has 0 radical (unpaired) electrons. The maximum atomic E-state index is 11.8. The van der Waals surface area contributed by atoms with Crippen molar-refractivity contribution in [2.24, 2.45) is 5.92 Å². The number of morpholine rings is 1. The summed E-state index contributed by atoms with van der Waals surface area (Å²) in [7, 11) is 0. The van der Waals surface area contributed by atoms with Crippen molar-refractivity contribution in [2.75, 3.05) is 31.3 Å². The van der Waals surface area contributed by atoms with Gasteiger partial charge in [0.1, 0.15) is 6.61 Å². The minimum atomic E-state index is -0.486. The molecule has 21 heavy (non-hydrogen) atoms. The SMILES string of the molecule is CC(C)COc1cc(N2CCOCC2=O)ccc1[N+](=O)[O-]. The Morgan fingerprint density at radius 1 is 1.48 bits per heavy atom. The van der Waals surface area contributed by atoms with Crippen LogP contribution in [0.25, 0.3) is 0 Å². The van der Waals surface area contributed by atoms with Gasteiger partial charge < -0.3 is 14.4 Å². The average Bonchev–Trinajstić information content (AvgIpc) is 2.45. The summed E-state index contributed by atoms with van der Waals surface area (Å²) in [4.78, 5) is 23.9. The maximum absolute atomic E-state index is 11.8. The number of anilines is 1. The fraction of sp³-hybridized carbons (Fsp3) is 0.500. The zero-order chi connectivity index (χ0) is 15.4. The summed E-state index contributed by atoms with van der Waals surface area (Å²) in [5.74, 6) is 0.272. The highest BCUT2D eigenvalue weighted by Crippen LogP contribution is 2.32. The first kappa shape index (κ1) is 15.2. The highest BCUT2D eigenvalue weighted by atomic mass is 16.6. The van der Waals surface area contributed by atoms with Crippen molar-refractivity contribution in [2.45, 2.75) is 13.8 Å². The van der Waals surface area contributed by atoms with Crippen LogP contribution in [0, 0.1) is 16.0 Å². The molecule has 0 N–H and O–H groups in total. The zero-order valence-electron chi connectivity index (χ0n) is 12.1. The highest BCUT2D eigenvalue weighted by Gasteiger charge is 2.23. The first-order valence-electron chi connectivity index (χ1n) is 6.78. The summed E-state index contributed by atoms with van der Waals surface area (Å²) in [6, 6.07) is 4.47. The molecule has 1 aromatic rings. The highest BCUT2D eigenvalue weighted by molar-refractivity contribution is 5.95. The van der Waals surface area contributed by atoms with Crippen LogP contribution in [-0.2, 0) is 9.53 Å². The maximum Gasteiger partial charge on any atom is 0.311 e. The predicted octanol–water partition coefficient (Wildman–Crippen LogP) is 1.99. The van der Waals surface area contributed by atoms with Crippen LogP contribution >= 0.6 is 0 Å². The summed E-state index contributed by atoms with van der Waals surface area (Å²) in [5.41, 5.74) is 0.493. The molecule has 1 amide bonds. The van der Waals surface area contributed by atoms with E-state index < -0.39 is 4.92 Å². The first-order valence-corrected chi connectivity index (χ1v) is 6.78. The Morgan fingerprint density at radius 3 is 2.86 bits per heavy atom. The summed E-state index contributed by atoms with van der Waals surface area (Å²) in [5, 5.41) is 11.0. The molecule has 2 rings (SSSR count). The minimum Gasteiger partial charge on any atom is -0.486 e. The van der Waals surface area contributed by atoms with Crippen LogP contribution in [0.5, 0.6) is 5.75 Å². The number of nitro benzene ring substituents is 1. The topological polar surface area (TPSA) is 81.9 Å². The number of hydrogen-bond acceptors (Lipinski definition) is 5. The van der Waals surface area contributed by atoms with Gasteiger partial charge in [-0.3, -0.25) is 14.9 Å². The van der Waals surface area contributed by atoms with Crippen molar-refractivity contribution in [3.8, 4) is 5.75 Å². The number of amides is 1. The molecule has 1 fully saturated rings. The van der Waals surface area contributed by atoms with Crippen LogP contribution in [0.2, 0.25) is 0 Å². The van der Waals surface area contributed by atoms with Crippen molar-refractivity contribution in [3.05, 3.63) is 28.3 Å². The number of hydrogen-bond donors (Lipinski definition) is 0. The van der Waals surface area contributed by atoms with E-state index in [2.05, 4.69) is 0 Å². The van der Waals surface area contributed by atoms with Gasteiger partial charge in [0, 0.05) is 24.4 Å². The molecule has 1 saturated heterocycles. The fourth-order valence-corrected chi connectivity index (χ4v) is 1.98. The van der Waals surface area contributed by atoms with Crippen molar-refractivity contribution < 1.29 is 19.2 Å². The van der Waals surface area contributed by atoms with Gasteiger partial charge in [0.05, 0.1) is 18.1 Å². The third-order valence-corrected chi connectivity index (χ3v) is 3.01. The molecular formula is C14H18N2O5. The van der Waals surface area contributed by atoms with Crippen LogP contribution in [0.15, 0.2) is 18.2 Å². The van der Waals surface area contributed by atoms with Crippen molar-refractivity contribution in [1.29, 1.82) is 0 Å². The van der Waals surface area contributed by atoms with Gasteiger partial charge in [0.2, 0.25) is 0 Å². The number of nitro groups is 1. The standard InChI is InChI=1S/C14H18N2O5/c1-10(2)8-21-13-7-11(3-4-12(13)16(18)19)15-5-6-20-9-14(15)17/h3-4,7,10H,5-6,8-9H2,1-2H3. The Balaban J connectivity index is 2.29. The minimum absolute atomic E-state index is 0.0270. The van der Waals surface area contributed by atoms with Gasteiger partial charge in [-0.1, -0.05) is 13.8 Å². The van der Waals surface area contributed by atoms with Gasteiger partial charge in [-0.15, -0.1) is 0 Å². The quantitative estimate of drug-likeness (QED) is 0.612. The molecule has 0 atom stereocenters. The molecule has 0 unspecified atom stereocenters. The summed E-state index contributed by atoms with van der Waals surface area (Å²) in [6.07, 6.45) is 0. The van der Waals surface area contributed by atoms with E-state index in [1.165, 1.54) is 6.07 Å². The lowest BCUT2D eigenvalue weighted by Crippen LogP contribution is -2.41. The molecule has 1 heterocycles. The lowest BCUT2D eigenvalue weighted by atomic mass is 10.2. The Hall–Kier alpha value is -2.15. The Labute approximate surface area is 122 Å². The molecular weight excluding hydrogens is 276 g/mol. The molecule has 0 aliphatic carbocycles. The van der Waals surface area contributed by atoms with E-state index in [9.17, 15) is 14.9 Å². The molecule has 1 aliphatic rings. The predicted molar refractivity (Wildman–Crippen MR) is 76.6 cm³/mol. The third-order valence-electron chi connectivity index (χ3n) is 3.01. The molecule has 7 nitrogen and oxygen atoms in total. The molecule has 0 spiro atoms. The molecule has 114 valence electrons. The zero-order valence-corrected chi connectivity index (χ0v) is 12.1. The first-order chi connectivity index (χ1) is 9.99. The van der Waals surface area contributed by atoms with Crippen LogP contribution in [0.4, 0.5) is 11.4 Å². The summed E-state index contributed by atoms with van der Waals surface area (Å²) in [6.45, 7) is 5.20. The molecule has 7 heteroatoms.